The molecule has 2 heterocycles. The van der Waals surface area contributed by atoms with Gasteiger partial charge in [-0.2, -0.15) is 0 Å². The van der Waals surface area contributed by atoms with Crippen LogP contribution in [0.5, 0.6) is 0 Å². The van der Waals surface area contributed by atoms with Crippen molar-refractivity contribution >= 4 is 34.7 Å². The highest BCUT2D eigenvalue weighted by molar-refractivity contribution is 7.98. The standard InChI is InChI=1S/C20H27N3OS2/c1-25-19-7-3-2-6-18(19)21-20(24)9-11-23-14-12-22(13-15-23)10-8-17-5-4-16-26-17/h2-7,16H,8-15H2,1H3,(H,21,24). The fourth-order valence-corrected chi connectivity index (χ4v) is 4.43. The summed E-state index contributed by atoms with van der Waals surface area (Å²) in [6.07, 6.45) is 3.73. The molecular formula is C20H27N3OS2. The van der Waals surface area contributed by atoms with Crippen LogP contribution in [0.3, 0.4) is 0 Å². The predicted octanol–water partition coefficient (Wildman–Crippen LogP) is 3.66. The molecule has 1 amide bonds. The summed E-state index contributed by atoms with van der Waals surface area (Å²) < 4.78 is 0. The molecule has 0 atom stereocenters. The molecule has 0 saturated carbocycles. The number of carbonyl (C=O) groups is 1. The zero-order valence-electron chi connectivity index (χ0n) is 15.3. The first-order chi connectivity index (χ1) is 12.7. The Kier molecular flexibility index (Phi) is 7.55. The molecule has 0 radical (unpaired) electrons. The van der Waals surface area contributed by atoms with E-state index in [1.54, 1.807) is 11.8 Å². The molecule has 1 aromatic heterocycles. The Labute approximate surface area is 164 Å². The van der Waals surface area contributed by atoms with Crippen LogP contribution in [0.2, 0.25) is 0 Å². The molecule has 0 bridgehead atoms. The smallest absolute Gasteiger partial charge is 0.225 e. The summed E-state index contributed by atoms with van der Waals surface area (Å²) in [7, 11) is 0. The van der Waals surface area contributed by atoms with E-state index in [-0.39, 0.29) is 5.91 Å². The number of nitrogens with one attached hydrogen (secondary N) is 1. The number of anilines is 1. The molecular weight excluding hydrogens is 362 g/mol. The van der Waals surface area contributed by atoms with E-state index in [2.05, 4.69) is 32.6 Å². The first-order valence-corrected chi connectivity index (χ1v) is 11.2. The van der Waals surface area contributed by atoms with Gasteiger partial charge in [0.05, 0.1) is 5.69 Å². The van der Waals surface area contributed by atoms with Crippen molar-refractivity contribution in [2.24, 2.45) is 0 Å². The second kappa shape index (κ2) is 10.1. The first kappa shape index (κ1) is 19.4. The zero-order chi connectivity index (χ0) is 18.2. The maximum Gasteiger partial charge on any atom is 0.225 e. The number of hydrogen-bond donors (Lipinski definition) is 1. The summed E-state index contributed by atoms with van der Waals surface area (Å²) in [5.41, 5.74) is 0.920. The Morgan fingerprint density at radius 1 is 1.08 bits per heavy atom. The highest BCUT2D eigenvalue weighted by Crippen LogP contribution is 2.24. The van der Waals surface area contributed by atoms with Gasteiger partial charge in [0.15, 0.2) is 0 Å². The van der Waals surface area contributed by atoms with Crippen molar-refractivity contribution in [1.82, 2.24) is 9.80 Å². The van der Waals surface area contributed by atoms with Gasteiger partial charge >= 0.3 is 0 Å². The zero-order valence-corrected chi connectivity index (χ0v) is 17.0. The number of carbonyl (C=O) groups excluding carboxylic acids is 1. The Morgan fingerprint density at radius 3 is 2.50 bits per heavy atom. The van der Waals surface area contributed by atoms with Gasteiger partial charge in [0.1, 0.15) is 0 Å². The van der Waals surface area contributed by atoms with E-state index < -0.39 is 0 Å². The molecule has 0 unspecified atom stereocenters. The van der Waals surface area contributed by atoms with Gasteiger partial charge in [-0.15, -0.1) is 23.1 Å². The SMILES string of the molecule is CSc1ccccc1NC(=O)CCN1CCN(CCc2cccs2)CC1. The third-order valence-electron chi connectivity index (χ3n) is 4.76. The Balaban J connectivity index is 1.35. The number of para-hydroxylation sites is 1. The van der Waals surface area contributed by atoms with Gasteiger partial charge in [-0.3, -0.25) is 4.79 Å². The second-order valence-corrected chi connectivity index (χ2v) is 8.39. The molecule has 26 heavy (non-hydrogen) atoms. The number of piperazine rings is 1. The molecule has 2 aromatic rings. The third-order valence-corrected chi connectivity index (χ3v) is 6.49. The van der Waals surface area contributed by atoms with Gasteiger partial charge < -0.3 is 15.1 Å². The fourth-order valence-electron chi connectivity index (χ4n) is 3.18. The van der Waals surface area contributed by atoms with E-state index in [1.165, 1.54) is 4.88 Å². The van der Waals surface area contributed by atoms with Crippen molar-refractivity contribution in [2.45, 2.75) is 17.7 Å². The van der Waals surface area contributed by atoms with E-state index >= 15 is 0 Å². The van der Waals surface area contributed by atoms with Crippen LogP contribution < -0.4 is 5.32 Å². The van der Waals surface area contributed by atoms with E-state index in [9.17, 15) is 4.79 Å². The maximum absolute atomic E-state index is 12.3. The molecule has 0 spiro atoms. The van der Waals surface area contributed by atoms with Crippen LogP contribution in [0, 0.1) is 0 Å². The van der Waals surface area contributed by atoms with Crippen LogP contribution in [0.1, 0.15) is 11.3 Å². The van der Waals surface area contributed by atoms with Crippen LogP contribution in [-0.4, -0.2) is 61.2 Å². The first-order valence-electron chi connectivity index (χ1n) is 9.14. The lowest BCUT2D eigenvalue weighted by Crippen LogP contribution is -2.47. The summed E-state index contributed by atoms with van der Waals surface area (Å²) in [5.74, 6) is 0.103. The highest BCUT2D eigenvalue weighted by Gasteiger charge is 2.17. The van der Waals surface area contributed by atoms with Crippen LogP contribution in [-0.2, 0) is 11.2 Å². The van der Waals surface area contributed by atoms with Gasteiger partial charge in [-0.05, 0) is 36.3 Å². The Hall–Kier alpha value is -1.34. The Morgan fingerprint density at radius 2 is 1.81 bits per heavy atom. The minimum Gasteiger partial charge on any atom is -0.325 e. The van der Waals surface area contributed by atoms with Gasteiger partial charge in [-0.1, -0.05) is 18.2 Å². The summed E-state index contributed by atoms with van der Waals surface area (Å²) in [6.45, 7) is 6.29. The van der Waals surface area contributed by atoms with E-state index in [0.717, 1.165) is 56.3 Å². The van der Waals surface area contributed by atoms with Crippen LogP contribution in [0.15, 0.2) is 46.7 Å². The average molecular weight is 390 g/mol. The second-order valence-electron chi connectivity index (χ2n) is 6.51. The number of thiophene rings is 1. The summed E-state index contributed by atoms with van der Waals surface area (Å²) in [6, 6.07) is 12.3. The summed E-state index contributed by atoms with van der Waals surface area (Å²) in [5, 5.41) is 5.20. The lowest BCUT2D eigenvalue weighted by Gasteiger charge is -2.34. The topological polar surface area (TPSA) is 35.6 Å². The molecule has 1 aromatic carbocycles. The van der Waals surface area contributed by atoms with Gasteiger partial charge in [-0.25, -0.2) is 0 Å². The summed E-state index contributed by atoms with van der Waals surface area (Å²) in [4.78, 5) is 19.8. The van der Waals surface area contributed by atoms with Crippen LogP contribution in [0.25, 0.3) is 0 Å². The minimum atomic E-state index is 0.103. The predicted molar refractivity (Wildman–Crippen MR) is 112 cm³/mol. The molecule has 3 rings (SSSR count). The third kappa shape index (κ3) is 5.84. The molecule has 1 aliphatic heterocycles. The molecule has 1 aliphatic rings. The fraction of sp³-hybridized carbons (Fsp3) is 0.450. The van der Waals surface area contributed by atoms with Crippen molar-refractivity contribution < 1.29 is 4.79 Å². The van der Waals surface area contributed by atoms with Crippen LogP contribution in [0.4, 0.5) is 5.69 Å². The van der Waals surface area contributed by atoms with Crippen molar-refractivity contribution in [3.05, 3.63) is 46.7 Å². The number of rotatable bonds is 8. The molecule has 0 aliphatic carbocycles. The lowest BCUT2D eigenvalue weighted by molar-refractivity contribution is -0.116. The normalized spacial score (nSPS) is 15.9. The van der Waals surface area contributed by atoms with Crippen LogP contribution >= 0.6 is 23.1 Å². The molecule has 4 nitrogen and oxygen atoms in total. The van der Waals surface area contributed by atoms with Gasteiger partial charge in [0.2, 0.25) is 5.91 Å². The number of thioether (sulfide) groups is 1. The molecule has 1 saturated heterocycles. The largest absolute Gasteiger partial charge is 0.325 e. The van der Waals surface area contributed by atoms with E-state index in [0.29, 0.717) is 6.42 Å². The highest BCUT2D eigenvalue weighted by atomic mass is 32.2. The average Bonchev–Trinajstić information content (AvgIpc) is 3.19. The van der Waals surface area contributed by atoms with Gasteiger partial charge in [0.25, 0.3) is 0 Å². The molecule has 1 N–H and O–H groups in total. The van der Waals surface area contributed by atoms with Crippen molar-refractivity contribution in [2.75, 3.05) is 50.8 Å². The Bertz CT molecular complexity index is 682. The number of benzene rings is 1. The summed E-state index contributed by atoms with van der Waals surface area (Å²) >= 11 is 3.50. The van der Waals surface area contributed by atoms with Crippen molar-refractivity contribution in [3.63, 3.8) is 0 Å². The monoisotopic (exact) mass is 389 g/mol. The van der Waals surface area contributed by atoms with Crippen molar-refractivity contribution in [1.29, 1.82) is 0 Å². The van der Waals surface area contributed by atoms with E-state index in [4.69, 9.17) is 0 Å². The number of nitrogens with zero attached hydrogens (tertiary/aromatic N) is 2. The minimum absolute atomic E-state index is 0.103. The molecule has 140 valence electrons. The number of hydrogen-bond acceptors (Lipinski definition) is 5. The quantitative estimate of drug-likeness (QED) is 0.699. The van der Waals surface area contributed by atoms with Crippen molar-refractivity contribution in [3.8, 4) is 0 Å². The maximum atomic E-state index is 12.3. The van der Waals surface area contributed by atoms with E-state index in [1.807, 2.05) is 41.9 Å². The lowest BCUT2D eigenvalue weighted by atomic mass is 10.2. The van der Waals surface area contributed by atoms with Gasteiger partial charge in [0, 0.05) is 55.5 Å². The molecule has 1 fully saturated rings. The molecule has 6 heteroatoms. The number of amides is 1.